The third-order valence-corrected chi connectivity index (χ3v) is 2.78. The molecule has 0 amide bonds. The molecule has 2 aromatic rings. The number of carboxylic acids is 1. The molecule has 0 aliphatic carbocycles. The highest BCUT2D eigenvalue weighted by Crippen LogP contribution is 2.12. The smallest absolute Gasteiger partial charge is 0.358 e. The van der Waals surface area contributed by atoms with Crippen molar-refractivity contribution >= 4 is 5.97 Å². The zero-order valence-electron chi connectivity index (χ0n) is 10.8. The lowest BCUT2D eigenvalue weighted by atomic mass is 10.2. The molecule has 0 aliphatic heterocycles. The second kappa shape index (κ2) is 5.19. The Balaban J connectivity index is 2.31. The number of carboxylic acid groups (broad SMARTS) is 1. The molecule has 0 saturated heterocycles. The molecule has 0 atom stereocenters. The largest absolute Gasteiger partial charge is 0.476 e. The van der Waals surface area contributed by atoms with E-state index >= 15 is 0 Å². The van der Waals surface area contributed by atoms with Crippen LogP contribution in [0.4, 0.5) is 0 Å². The van der Waals surface area contributed by atoms with Crippen LogP contribution in [0.25, 0.3) is 0 Å². The van der Waals surface area contributed by atoms with Crippen molar-refractivity contribution in [1.82, 2.24) is 20.0 Å². The maximum atomic E-state index is 11.0. The van der Waals surface area contributed by atoms with E-state index in [4.69, 9.17) is 15.3 Å². The van der Waals surface area contributed by atoms with Crippen molar-refractivity contribution < 1.29 is 14.3 Å². The lowest BCUT2D eigenvalue weighted by molar-refractivity contribution is 0.0689. The van der Waals surface area contributed by atoms with Crippen molar-refractivity contribution in [2.75, 3.05) is 6.54 Å². The van der Waals surface area contributed by atoms with E-state index in [0.717, 1.165) is 11.5 Å². The lowest BCUT2D eigenvalue weighted by Gasteiger charge is -2.03. The van der Waals surface area contributed by atoms with Gasteiger partial charge in [0.05, 0.1) is 11.4 Å². The van der Waals surface area contributed by atoms with Crippen molar-refractivity contribution in [3.63, 3.8) is 0 Å². The van der Waals surface area contributed by atoms with Gasteiger partial charge in [-0.1, -0.05) is 5.21 Å². The highest BCUT2D eigenvalue weighted by Gasteiger charge is 2.19. The van der Waals surface area contributed by atoms with Crippen LogP contribution < -0.4 is 5.73 Å². The van der Waals surface area contributed by atoms with Gasteiger partial charge in [0.2, 0.25) is 5.89 Å². The molecule has 8 nitrogen and oxygen atoms in total. The Kier molecular flexibility index (Phi) is 3.61. The molecule has 0 aliphatic rings. The van der Waals surface area contributed by atoms with E-state index in [0.29, 0.717) is 24.6 Å². The van der Waals surface area contributed by atoms with Crippen molar-refractivity contribution in [2.45, 2.75) is 26.8 Å². The third-order valence-electron chi connectivity index (χ3n) is 2.78. The summed E-state index contributed by atoms with van der Waals surface area (Å²) in [7, 11) is 0. The number of aryl methyl sites for hydroxylation is 2. The van der Waals surface area contributed by atoms with Gasteiger partial charge in [-0.3, -0.25) is 0 Å². The van der Waals surface area contributed by atoms with Crippen molar-refractivity contribution in [3.8, 4) is 0 Å². The maximum Gasteiger partial charge on any atom is 0.358 e. The average Bonchev–Trinajstić information content (AvgIpc) is 2.86. The number of carbonyl (C=O) groups is 1. The number of nitrogens with zero attached hydrogens (tertiary/aromatic N) is 4. The Morgan fingerprint density at radius 2 is 2.21 bits per heavy atom. The number of rotatable bonds is 5. The van der Waals surface area contributed by atoms with Gasteiger partial charge in [0, 0.05) is 6.42 Å². The minimum absolute atomic E-state index is 0.0783. The van der Waals surface area contributed by atoms with Crippen LogP contribution in [0.15, 0.2) is 4.42 Å². The zero-order valence-corrected chi connectivity index (χ0v) is 10.8. The molecule has 102 valence electrons. The topological polar surface area (TPSA) is 120 Å². The quantitative estimate of drug-likeness (QED) is 0.788. The van der Waals surface area contributed by atoms with Crippen LogP contribution in [0.5, 0.6) is 0 Å². The first-order chi connectivity index (χ1) is 9.02. The van der Waals surface area contributed by atoms with Crippen LogP contribution >= 0.6 is 0 Å². The molecule has 0 saturated carbocycles. The summed E-state index contributed by atoms with van der Waals surface area (Å²) in [5.41, 5.74) is 6.68. The molecule has 0 aromatic carbocycles. The van der Waals surface area contributed by atoms with Gasteiger partial charge in [0.15, 0.2) is 5.69 Å². The number of hydrogen-bond donors (Lipinski definition) is 2. The summed E-state index contributed by atoms with van der Waals surface area (Å²) >= 11 is 0. The normalized spacial score (nSPS) is 10.9. The second-order valence-electron chi connectivity index (χ2n) is 4.14. The highest BCUT2D eigenvalue weighted by atomic mass is 16.4. The molecule has 3 N–H and O–H groups in total. The summed E-state index contributed by atoms with van der Waals surface area (Å²) in [6.45, 7) is 4.21. The Morgan fingerprint density at radius 1 is 1.47 bits per heavy atom. The predicted octanol–water partition coefficient (Wildman–Crippen LogP) is 0.131. The van der Waals surface area contributed by atoms with Crippen LogP contribution in [0, 0.1) is 13.8 Å². The van der Waals surface area contributed by atoms with Crippen LogP contribution in [-0.4, -0.2) is 37.6 Å². The van der Waals surface area contributed by atoms with Crippen LogP contribution in [0.1, 0.15) is 33.5 Å². The summed E-state index contributed by atoms with van der Waals surface area (Å²) in [5, 5.41) is 16.5. The Morgan fingerprint density at radius 3 is 2.74 bits per heavy atom. The van der Waals surface area contributed by atoms with E-state index in [1.54, 1.807) is 0 Å². The molecule has 2 aromatic heterocycles. The Hall–Kier alpha value is -2.22. The van der Waals surface area contributed by atoms with Crippen LogP contribution in [-0.2, 0) is 13.0 Å². The molecular formula is C11H15N5O3. The second-order valence-corrected chi connectivity index (χ2v) is 4.14. The first kappa shape index (κ1) is 13.2. The molecule has 0 radical (unpaired) electrons. The van der Waals surface area contributed by atoms with Crippen molar-refractivity contribution in [3.05, 3.63) is 28.7 Å². The summed E-state index contributed by atoms with van der Waals surface area (Å²) in [5.74, 6) is 0.0820. The van der Waals surface area contributed by atoms with E-state index < -0.39 is 5.97 Å². The van der Waals surface area contributed by atoms with E-state index in [2.05, 4.69) is 15.3 Å². The van der Waals surface area contributed by atoms with Gasteiger partial charge >= 0.3 is 5.97 Å². The maximum absolute atomic E-state index is 11.0. The van der Waals surface area contributed by atoms with E-state index in [9.17, 15) is 4.79 Å². The van der Waals surface area contributed by atoms with Crippen LogP contribution in [0.2, 0.25) is 0 Å². The van der Waals surface area contributed by atoms with E-state index in [1.807, 2.05) is 13.8 Å². The van der Waals surface area contributed by atoms with Crippen LogP contribution in [0.3, 0.4) is 0 Å². The average molecular weight is 265 g/mol. The van der Waals surface area contributed by atoms with E-state index in [1.165, 1.54) is 4.68 Å². The fourth-order valence-corrected chi connectivity index (χ4v) is 1.75. The number of oxazole rings is 1. The fourth-order valence-electron chi connectivity index (χ4n) is 1.75. The van der Waals surface area contributed by atoms with Gasteiger partial charge in [0.1, 0.15) is 12.3 Å². The Bertz CT molecular complexity index is 582. The molecule has 8 heteroatoms. The first-order valence-corrected chi connectivity index (χ1v) is 5.81. The zero-order chi connectivity index (χ0) is 14.0. The predicted molar refractivity (Wildman–Crippen MR) is 64.8 cm³/mol. The van der Waals surface area contributed by atoms with Gasteiger partial charge in [-0.15, -0.1) is 5.10 Å². The lowest BCUT2D eigenvalue weighted by Crippen LogP contribution is -2.14. The Labute approximate surface area is 109 Å². The number of nitrogens with two attached hydrogens (primary N) is 1. The van der Waals surface area contributed by atoms with Gasteiger partial charge in [-0.2, -0.15) is 0 Å². The number of aromatic nitrogens is 4. The van der Waals surface area contributed by atoms with Gasteiger partial charge in [0.25, 0.3) is 0 Å². The fraction of sp³-hybridized carbons (Fsp3) is 0.455. The SMILES string of the molecule is Cc1nc(Cn2nnc(C(=O)O)c2CCN)oc1C. The molecule has 0 spiro atoms. The van der Waals surface area contributed by atoms with Gasteiger partial charge in [-0.05, 0) is 20.4 Å². The summed E-state index contributed by atoms with van der Waals surface area (Å²) in [4.78, 5) is 15.3. The standard InChI is InChI=1S/C11H15N5O3/c1-6-7(2)19-9(13-6)5-16-8(3-4-12)10(11(17)18)14-15-16/h3-5,12H2,1-2H3,(H,17,18). The third kappa shape index (κ3) is 2.63. The van der Waals surface area contributed by atoms with Crippen molar-refractivity contribution in [1.29, 1.82) is 0 Å². The van der Waals surface area contributed by atoms with Gasteiger partial charge in [-0.25, -0.2) is 14.5 Å². The number of aromatic carboxylic acids is 1. The highest BCUT2D eigenvalue weighted by molar-refractivity contribution is 5.86. The molecule has 0 unspecified atom stereocenters. The molecule has 2 rings (SSSR count). The first-order valence-electron chi connectivity index (χ1n) is 5.81. The van der Waals surface area contributed by atoms with E-state index in [-0.39, 0.29) is 12.2 Å². The summed E-state index contributed by atoms with van der Waals surface area (Å²) < 4.78 is 6.90. The molecule has 2 heterocycles. The molecule has 0 fully saturated rings. The number of hydrogen-bond acceptors (Lipinski definition) is 6. The molecule has 0 bridgehead atoms. The molecule has 19 heavy (non-hydrogen) atoms. The minimum atomic E-state index is -1.12. The van der Waals surface area contributed by atoms with Gasteiger partial charge < -0.3 is 15.3 Å². The van der Waals surface area contributed by atoms with Crippen molar-refractivity contribution in [2.24, 2.45) is 5.73 Å². The summed E-state index contributed by atoms with van der Waals surface area (Å²) in [6.07, 6.45) is 0.382. The summed E-state index contributed by atoms with van der Waals surface area (Å²) in [6, 6.07) is 0. The monoisotopic (exact) mass is 265 g/mol. The minimum Gasteiger partial charge on any atom is -0.476 e. The molecular weight excluding hydrogens is 250 g/mol.